The Morgan fingerprint density at radius 2 is 2.29 bits per heavy atom. The van der Waals surface area contributed by atoms with Crippen molar-refractivity contribution >= 4 is 17.6 Å². The van der Waals surface area contributed by atoms with Gasteiger partial charge in [-0.1, -0.05) is 29.7 Å². The minimum atomic E-state index is -0.900. The number of rotatable bonds is 5. The highest BCUT2D eigenvalue weighted by molar-refractivity contribution is 6.31. The van der Waals surface area contributed by atoms with Crippen molar-refractivity contribution in [1.29, 1.82) is 0 Å². The maximum absolute atomic E-state index is 10.7. The number of aliphatic carboxylic acids is 1. The molecule has 17 heavy (non-hydrogen) atoms. The molecule has 0 radical (unpaired) electrons. The maximum Gasteiger partial charge on any atom is 0.317 e. The van der Waals surface area contributed by atoms with Crippen LogP contribution >= 0.6 is 11.6 Å². The van der Waals surface area contributed by atoms with Gasteiger partial charge in [0.2, 0.25) is 0 Å². The summed E-state index contributed by atoms with van der Waals surface area (Å²) in [6.07, 6.45) is 5.20. The third-order valence-electron chi connectivity index (χ3n) is 2.28. The standard InChI is InChI=1S/C13H14ClNO2/c1-3-6-15(9-13(16)17)8-11-5-4-10(2)7-12(11)14/h1,4-5,7H,6,8-9H2,2H3,(H,16,17). The van der Waals surface area contributed by atoms with Gasteiger partial charge in [-0.25, -0.2) is 0 Å². The molecule has 0 saturated carbocycles. The smallest absolute Gasteiger partial charge is 0.317 e. The van der Waals surface area contributed by atoms with Gasteiger partial charge in [0, 0.05) is 11.6 Å². The van der Waals surface area contributed by atoms with Gasteiger partial charge in [-0.15, -0.1) is 6.42 Å². The topological polar surface area (TPSA) is 40.5 Å². The summed E-state index contributed by atoms with van der Waals surface area (Å²) in [7, 11) is 0. The quantitative estimate of drug-likeness (QED) is 0.816. The third kappa shape index (κ3) is 4.48. The van der Waals surface area contributed by atoms with Gasteiger partial charge in [0.1, 0.15) is 0 Å². The van der Waals surface area contributed by atoms with Crippen molar-refractivity contribution in [3.05, 3.63) is 34.3 Å². The molecule has 0 saturated heterocycles. The van der Waals surface area contributed by atoms with Crippen molar-refractivity contribution in [2.24, 2.45) is 0 Å². The van der Waals surface area contributed by atoms with Crippen LogP contribution in [0, 0.1) is 19.3 Å². The highest BCUT2D eigenvalue weighted by Crippen LogP contribution is 2.19. The summed E-state index contributed by atoms with van der Waals surface area (Å²) in [4.78, 5) is 12.3. The van der Waals surface area contributed by atoms with E-state index in [-0.39, 0.29) is 13.1 Å². The molecule has 90 valence electrons. The largest absolute Gasteiger partial charge is 0.480 e. The number of nitrogens with zero attached hydrogens (tertiary/aromatic N) is 1. The van der Waals surface area contributed by atoms with E-state index in [1.165, 1.54) is 0 Å². The predicted molar refractivity (Wildman–Crippen MR) is 67.9 cm³/mol. The normalized spacial score (nSPS) is 10.2. The van der Waals surface area contributed by atoms with Gasteiger partial charge < -0.3 is 5.11 Å². The molecular formula is C13H14ClNO2. The lowest BCUT2D eigenvalue weighted by Crippen LogP contribution is -2.29. The van der Waals surface area contributed by atoms with Gasteiger partial charge in [-0.2, -0.15) is 0 Å². The van der Waals surface area contributed by atoms with Crippen molar-refractivity contribution in [2.75, 3.05) is 13.1 Å². The first kappa shape index (κ1) is 13.6. The maximum atomic E-state index is 10.7. The Labute approximate surface area is 106 Å². The van der Waals surface area contributed by atoms with E-state index >= 15 is 0 Å². The average molecular weight is 252 g/mol. The zero-order valence-electron chi connectivity index (χ0n) is 9.61. The molecule has 3 nitrogen and oxygen atoms in total. The van der Waals surface area contributed by atoms with Gasteiger partial charge in [0.05, 0.1) is 13.1 Å². The highest BCUT2D eigenvalue weighted by Gasteiger charge is 2.11. The molecule has 1 rings (SSSR count). The summed E-state index contributed by atoms with van der Waals surface area (Å²) in [6.45, 7) is 2.59. The molecule has 0 aromatic heterocycles. The van der Waals surface area contributed by atoms with Crippen LogP contribution in [-0.2, 0) is 11.3 Å². The van der Waals surface area contributed by atoms with Crippen molar-refractivity contribution in [2.45, 2.75) is 13.5 Å². The third-order valence-corrected chi connectivity index (χ3v) is 2.63. The van der Waals surface area contributed by atoms with Gasteiger partial charge in [0.25, 0.3) is 0 Å². The van der Waals surface area contributed by atoms with Crippen LogP contribution in [0.25, 0.3) is 0 Å². The van der Waals surface area contributed by atoms with Crippen LogP contribution < -0.4 is 0 Å². The number of hydrogen-bond acceptors (Lipinski definition) is 2. The molecule has 1 aromatic rings. The molecule has 0 unspecified atom stereocenters. The number of carboxylic acid groups (broad SMARTS) is 1. The molecule has 1 aromatic carbocycles. The molecule has 0 atom stereocenters. The fourth-order valence-electron chi connectivity index (χ4n) is 1.51. The van der Waals surface area contributed by atoms with Crippen LogP contribution in [0.4, 0.5) is 0 Å². The Kier molecular flexibility index (Phi) is 5.02. The summed E-state index contributed by atoms with van der Waals surface area (Å²) in [5, 5.41) is 9.40. The number of benzene rings is 1. The van der Waals surface area contributed by atoms with Crippen molar-refractivity contribution in [3.8, 4) is 12.3 Å². The van der Waals surface area contributed by atoms with E-state index < -0.39 is 5.97 Å². The van der Waals surface area contributed by atoms with E-state index in [1.807, 2.05) is 25.1 Å². The summed E-state index contributed by atoms with van der Waals surface area (Å²) in [6, 6.07) is 5.69. The van der Waals surface area contributed by atoms with Gasteiger partial charge in [-0.3, -0.25) is 9.69 Å². The minimum absolute atomic E-state index is 0.0889. The second-order valence-corrected chi connectivity index (χ2v) is 4.25. The number of terminal acetylenes is 1. The zero-order chi connectivity index (χ0) is 12.8. The lowest BCUT2D eigenvalue weighted by atomic mass is 10.1. The second-order valence-electron chi connectivity index (χ2n) is 3.84. The van der Waals surface area contributed by atoms with Crippen molar-refractivity contribution in [3.63, 3.8) is 0 Å². The lowest BCUT2D eigenvalue weighted by Gasteiger charge is -2.18. The molecule has 1 N–H and O–H groups in total. The SMILES string of the molecule is C#CCN(CC(=O)O)Cc1ccc(C)cc1Cl. The second kappa shape index (κ2) is 6.29. The Morgan fingerprint density at radius 1 is 1.59 bits per heavy atom. The molecule has 0 aliphatic heterocycles. The molecule has 0 spiro atoms. The molecule has 0 amide bonds. The monoisotopic (exact) mass is 251 g/mol. The predicted octanol–water partition coefficient (Wildman–Crippen LogP) is 2.17. The van der Waals surface area contributed by atoms with E-state index in [1.54, 1.807) is 4.90 Å². The van der Waals surface area contributed by atoms with Crippen LogP contribution in [0.15, 0.2) is 18.2 Å². The molecule has 0 heterocycles. The molecule has 0 aliphatic carbocycles. The lowest BCUT2D eigenvalue weighted by molar-refractivity contribution is -0.138. The van der Waals surface area contributed by atoms with E-state index in [0.717, 1.165) is 11.1 Å². The van der Waals surface area contributed by atoms with E-state index in [0.29, 0.717) is 11.6 Å². The first-order chi connectivity index (χ1) is 8.02. The molecule has 4 heteroatoms. The molecule has 0 fully saturated rings. The van der Waals surface area contributed by atoms with Crippen LogP contribution in [0.5, 0.6) is 0 Å². The molecular weight excluding hydrogens is 238 g/mol. The fraction of sp³-hybridized carbons (Fsp3) is 0.308. The average Bonchev–Trinajstić information content (AvgIpc) is 2.21. The summed E-state index contributed by atoms with van der Waals surface area (Å²) < 4.78 is 0. The Bertz CT molecular complexity index is 451. The fourth-order valence-corrected chi connectivity index (χ4v) is 1.80. The van der Waals surface area contributed by atoms with Crippen LogP contribution in [-0.4, -0.2) is 29.1 Å². The van der Waals surface area contributed by atoms with Crippen molar-refractivity contribution in [1.82, 2.24) is 4.90 Å². The summed E-state index contributed by atoms with van der Waals surface area (Å²) in [5.74, 6) is 1.54. The van der Waals surface area contributed by atoms with Gasteiger partial charge >= 0.3 is 5.97 Å². The molecule has 0 bridgehead atoms. The van der Waals surface area contributed by atoms with Crippen molar-refractivity contribution < 1.29 is 9.90 Å². The number of carbonyl (C=O) groups is 1. The van der Waals surface area contributed by atoms with Crippen LogP contribution in [0.3, 0.4) is 0 Å². The number of halogens is 1. The highest BCUT2D eigenvalue weighted by atomic mass is 35.5. The van der Waals surface area contributed by atoms with Crippen LogP contribution in [0.2, 0.25) is 5.02 Å². The Hall–Kier alpha value is -1.50. The van der Waals surface area contributed by atoms with E-state index in [4.69, 9.17) is 23.1 Å². The number of hydrogen-bond donors (Lipinski definition) is 1. The first-order valence-corrected chi connectivity index (χ1v) is 5.53. The number of aryl methyl sites for hydroxylation is 1. The van der Waals surface area contributed by atoms with Gasteiger partial charge in [-0.05, 0) is 24.1 Å². The van der Waals surface area contributed by atoms with Gasteiger partial charge in [0.15, 0.2) is 0 Å². The minimum Gasteiger partial charge on any atom is -0.480 e. The summed E-state index contributed by atoms with van der Waals surface area (Å²) >= 11 is 6.08. The van der Waals surface area contributed by atoms with E-state index in [9.17, 15) is 4.79 Å². The summed E-state index contributed by atoms with van der Waals surface area (Å²) in [5.41, 5.74) is 1.95. The Balaban J connectivity index is 2.78. The van der Waals surface area contributed by atoms with E-state index in [2.05, 4.69) is 5.92 Å². The number of carboxylic acids is 1. The molecule has 0 aliphatic rings. The zero-order valence-corrected chi connectivity index (χ0v) is 10.4. The van der Waals surface area contributed by atoms with Crippen LogP contribution in [0.1, 0.15) is 11.1 Å². The first-order valence-electron chi connectivity index (χ1n) is 5.15. The Morgan fingerprint density at radius 3 is 2.82 bits per heavy atom.